The molecule has 5 nitrogen and oxygen atoms in total. The second kappa shape index (κ2) is 7.06. The molecule has 1 atom stereocenters. The van der Waals surface area contributed by atoms with E-state index in [9.17, 15) is 8.42 Å². The minimum Gasteiger partial charge on any atom is -0.494 e. The van der Waals surface area contributed by atoms with E-state index in [-0.39, 0.29) is 11.5 Å². The summed E-state index contributed by atoms with van der Waals surface area (Å²) in [5.41, 5.74) is 5.27. The Labute approximate surface area is 120 Å². The molecular weight excluding hydrogens is 278 g/mol. The third kappa shape index (κ3) is 5.90. The van der Waals surface area contributed by atoms with E-state index in [1.165, 1.54) is 12.3 Å². The van der Waals surface area contributed by atoms with Gasteiger partial charge in [-0.25, -0.2) is 8.42 Å². The van der Waals surface area contributed by atoms with Gasteiger partial charge in [-0.3, -0.25) is 0 Å². The van der Waals surface area contributed by atoms with E-state index >= 15 is 0 Å². The highest BCUT2D eigenvalue weighted by atomic mass is 32.2. The first kappa shape index (κ1) is 16.9. The third-order valence-electron chi connectivity index (χ3n) is 3.01. The molecule has 0 aromatic heterocycles. The van der Waals surface area contributed by atoms with E-state index in [4.69, 9.17) is 15.6 Å². The number of hydrogen-bond donors (Lipinski definition) is 2. The van der Waals surface area contributed by atoms with Crippen molar-refractivity contribution in [2.45, 2.75) is 36.6 Å². The smallest absolute Gasteiger partial charge is 0.175 e. The fourth-order valence-electron chi connectivity index (χ4n) is 1.69. The van der Waals surface area contributed by atoms with Crippen LogP contribution in [0.3, 0.4) is 0 Å². The summed E-state index contributed by atoms with van der Waals surface area (Å²) in [6, 6.07) is 6.46. The normalized spacial score (nSPS) is 14.8. The van der Waals surface area contributed by atoms with Crippen molar-refractivity contribution in [3.8, 4) is 5.75 Å². The Bertz CT molecular complexity index is 526. The van der Waals surface area contributed by atoms with Crippen molar-refractivity contribution in [3.63, 3.8) is 0 Å². The molecule has 3 N–H and O–H groups in total. The Morgan fingerprint density at radius 1 is 1.35 bits per heavy atom. The zero-order chi connectivity index (χ0) is 15.2. The topological polar surface area (TPSA) is 89.6 Å². The number of nitrogens with two attached hydrogens (primary N) is 1. The molecule has 6 heteroatoms. The van der Waals surface area contributed by atoms with E-state index in [2.05, 4.69) is 0 Å². The van der Waals surface area contributed by atoms with Crippen LogP contribution in [0.5, 0.6) is 5.75 Å². The van der Waals surface area contributed by atoms with Gasteiger partial charge in [0.1, 0.15) is 5.75 Å². The Balaban J connectivity index is 2.40. The molecule has 0 saturated heterocycles. The number of aliphatic hydroxyl groups is 1. The van der Waals surface area contributed by atoms with Crippen LogP contribution < -0.4 is 10.5 Å². The molecule has 0 saturated carbocycles. The van der Waals surface area contributed by atoms with Crippen molar-refractivity contribution < 1.29 is 18.3 Å². The van der Waals surface area contributed by atoms with Gasteiger partial charge >= 0.3 is 0 Å². The molecule has 1 rings (SSSR count). The van der Waals surface area contributed by atoms with Crippen LogP contribution in [0.25, 0.3) is 0 Å². The van der Waals surface area contributed by atoms with Crippen molar-refractivity contribution in [1.82, 2.24) is 0 Å². The molecule has 0 amide bonds. The highest BCUT2D eigenvalue weighted by Crippen LogP contribution is 2.18. The molecule has 20 heavy (non-hydrogen) atoms. The molecular formula is C14H23NO4S. The molecule has 1 aromatic rings. The number of hydrogen-bond acceptors (Lipinski definition) is 5. The number of aliphatic hydroxyl groups excluding tert-OH is 1. The number of benzene rings is 1. The summed E-state index contributed by atoms with van der Waals surface area (Å²) in [7, 11) is -3.21. The van der Waals surface area contributed by atoms with Crippen LogP contribution in [0.15, 0.2) is 29.2 Å². The summed E-state index contributed by atoms with van der Waals surface area (Å²) in [6.07, 6.45) is 3.54. The molecule has 0 aliphatic heterocycles. The van der Waals surface area contributed by atoms with Gasteiger partial charge in [-0.15, -0.1) is 0 Å². The average molecular weight is 301 g/mol. The SMILES string of the molecule is CC(N)(CO)CCCCOc1cccc(S(C)(=O)=O)c1. The highest BCUT2D eigenvalue weighted by molar-refractivity contribution is 7.90. The molecule has 0 aliphatic carbocycles. The van der Waals surface area contributed by atoms with Gasteiger partial charge in [-0.05, 0) is 44.4 Å². The summed E-state index contributed by atoms with van der Waals surface area (Å²) in [5.74, 6) is 0.547. The molecule has 0 aliphatic rings. The maximum absolute atomic E-state index is 11.4. The first-order valence-corrected chi connectivity index (χ1v) is 8.46. The second-order valence-electron chi connectivity index (χ2n) is 5.36. The Kier molecular flexibility index (Phi) is 5.98. The molecule has 0 bridgehead atoms. The Morgan fingerprint density at radius 3 is 2.65 bits per heavy atom. The lowest BCUT2D eigenvalue weighted by molar-refractivity contribution is 0.194. The summed E-state index contributed by atoms with van der Waals surface area (Å²) < 4.78 is 28.3. The van der Waals surface area contributed by atoms with E-state index < -0.39 is 15.4 Å². The monoisotopic (exact) mass is 301 g/mol. The summed E-state index contributed by atoms with van der Waals surface area (Å²) >= 11 is 0. The fraction of sp³-hybridized carbons (Fsp3) is 0.571. The number of ether oxygens (including phenoxy) is 1. The third-order valence-corrected chi connectivity index (χ3v) is 4.12. The van der Waals surface area contributed by atoms with Crippen LogP contribution in [-0.2, 0) is 9.84 Å². The van der Waals surface area contributed by atoms with Crippen LogP contribution in [0.4, 0.5) is 0 Å². The van der Waals surface area contributed by atoms with Gasteiger partial charge in [0.05, 0.1) is 18.1 Å². The van der Waals surface area contributed by atoms with Crippen LogP contribution >= 0.6 is 0 Å². The van der Waals surface area contributed by atoms with Gasteiger partial charge in [0, 0.05) is 11.8 Å². The second-order valence-corrected chi connectivity index (χ2v) is 7.38. The lowest BCUT2D eigenvalue weighted by Crippen LogP contribution is -2.39. The van der Waals surface area contributed by atoms with E-state index in [1.807, 2.05) is 6.92 Å². The van der Waals surface area contributed by atoms with E-state index in [0.29, 0.717) is 12.4 Å². The van der Waals surface area contributed by atoms with Crippen LogP contribution in [0, 0.1) is 0 Å². The van der Waals surface area contributed by atoms with Crippen LogP contribution in [0.2, 0.25) is 0 Å². The molecule has 0 heterocycles. The fourth-order valence-corrected chi connectivity index (χ4v) is 2.35. The quantitative estimate of drug-likeness (QED) is 0.707. The Morgan fingerprint density at radius 2 is 2.05 bits per heavy atom. The first-order valence-electron chi connectivity index (χ1n) is 6.57. The molecule has 1 aromatic carbocycles. The number of sulfone groups is 1. The highest BCUT2D eigenvalue weighted by Gasteiger charge is 2.15. The summed E-state index contributed by atoms with van der Waals surface area (Å²) in [5, 5.41) is 9.02. The first-order chi connectivity index (χ1) is 9.24. The van der Waals surface area contributed by atoms with Crippen molar-refractivity contribution in [2.75, 3.05) is 19.5 Å². The van der Waals surface area contributed by atoms with Crippen molar-refractivity contribution >= 4 is 9.84 Å². The molecule has 0 fully saturated rings. The maximum atomic E-state index is 11.4. The minimum absolute atomic E-state index is 0.0374. The average Bonchev–Trinajstić information content (AvgIpc) is 2.37. The van der Waals surface area contributed by atoms with E-state index in [0.717, 1.165) is 19.3 Å². The predicted molar refractivity (Wildman–Crippen MR) is 78.6 cm³/mol. The maximum Gasteiger partial charge on any atom is 0.175 e. The summed E-state index contributed by atoms with van der Waals surface area (Å²) in [6.45, 7) is 2.27. The van der Waals surface area contributed by atoms with Gasteiger partial charge in [0.25, 0.3) is 0 Å². The van der Waals surface area contributed by atoms with Crippen molar-refractivity contribution in [3.05, 3.63) is 24.3 Å². The molecule has 0 radical (unpaired) electrons. The number of unbranched alkanes of at least 4 members (excludes halogenated alkanes) is 1. The van der Waals surface area contributed by atoms with Crippen molar-refractivity contribution in [1.29, 1.82) is 0 Å². The van der Waals surface area contributed by atoms with E-state index in [1.54, 1.807) is 18.2 Å². The standard InChI is InChI=1S/C14H23NO4S/c1-14(15,11-16)8-3-4-9-19-12-6-5-7-13(10-12)20(2,17)18/h5-7,10,16H,3-4,8-9,11,15H2,1-2H3. The summed E-state index contributed by atoms with van der Waals surface area (Å²) in [4.78, 5) is 0.254. The molecule has 0 spiro atoms. The van der Waals surface area contributed by atoms with Gasteiger partial charge in [-0.2, -0.15) is 0 Å². The molecule has 114 valence electrons. The zero-order valence-corrected chi connectivity index (χ0v) is 12.8. The lowest BCUT2D eigenvalue weighted by atomic mass is 9.97. The lowest BCUT2D eigenvalue weighted by Gasteiger charge is -2.21. The predicted octanol–water partition coefficient (Wildman–Crippen LogP) is 1.35. The Hall–Kier alpha value is -1.11. The van der Waals surface area contributed by atoms with Crippen LogP contribution in [-0.4, -0.2) is 38.5 Å². The van der Waals surface area contributed by atoms with Crippen molar-refractivity contribution in [2.24, 2.45) is 5.73 Å². The van der Waals surface area contributed by atoms with Gasteiger partial charge in [0.2, 0.25) is 0 Å². The molecule has 1 unspecified atom stereocenters. The minimum atomic E-state index is -3.21. The van der Waals surface area contributed by atoms with Gasteiger partial charge in [-0.1, -0.05) is 6.07 Å². The van der Waals surface area contributed by atoms with Gasteiger partial charge < -0.3 is 15.6 Å². The van der Waals surface area contributed by atoms with Crippen LogP contribution in [0.1, 0.15) is 26.2 Å². The number of rotatable bonds is 8. The zero-order valence-electron chi connectivity index (χ0n) is 12.0. The van der Waals surface area contributed by atoms with Gasteiger partial charge in [0.15, 0.2) is 9.84 Å². The largest absolute Gasteiger partial charge is 0.494 e.